The maximum atomic E-state index is 13.3. The molecule has 41 heavy (non-hydrogen) atoms. The number of aliphatic carboxylic acids is 1. The fourth-order valence-corrected chi connectivity index (χ4v) is 7.46. The van der Waals surface area contributed by atoms with E-state index in [1.807, 2.05) is 0 Å². The van der Waals surface area contributed by atoms with Gasteiger partial charge in [0, 0.05) is 18.1 Å². The number of aliphatic hydroxyl groups is 1. The zero-order valence-corrected chi connectivity index (χ0v) is 23.4. The highest BCUT2D eigenvalue weighted by molar-refractivity contribution is 8.10. The molecule has 218 valence electrons. The summed E-state index contributed by atoms with van der Waals surface area (Å²) in [5.41, 5.74) is 5.90. The van der Waals surface area contributed by atoms with Crippen molar-refractivity contribution in [1.82, 2.24) is 35.1 Å². The number of halogens is 1. The normalized spacial score (nSPS) is 27.3. The maximum Gasteiger partial charge on any atom is 0.313 e. The van der Waals surface area contributed by atoms with Crippen molar-refractivity contribution in [3.05, 3.63) is 30.1 Å². The quantitative estimate of drug-likeness (QED) is 0.0643. The number of carboxylic acid groups (broad SMARTS) is 1. The number of fused-ring (bicyclic) bond motifs is 1. The van der Waals surface area contributed by atoms with Gasteiger partial charge >= 0.3 is 5.97 Å². The highest BCUT2D eigenvalue weighted by atomic mass is 32.2. The number of amides is 2. The number of hydrogen-bond donors (Lipinski definition) is 5. The van der Waals surface area contributed by atoms with Crippen LogP contribution < -0.4 is 20.6 Å². The Balaban J connectivity index is 1.26. The van der Waals surface area contributed by atoms with Crippen LogP contribution in [0.4, 0.5) is 4.39 Å². The number of nitrogens with zero attached hydrogens (tertiary/aromatic N) is 7. The summed E-state index contributed by atoms with van der Waals surface area (Å²) in [4.78, 5) is 49.5. The van der Waals surface area contributed by atoms with Crippen molar-refractivity contribution in [2.75, 3.05) is 24.7 Å². The second-order valence-corrected chi connectivity index (χ2v) is 11.8. The topological polar surface area (TPSA) is 223 Å². The van der Waals surface area contributed by atoms with Gasteiger partial charge in [0.25, 0.3) is 5.91 Å². The Morgan fingerprint density at radius 2 is 2.15 bits per heavy atom. The second-order valence-electron chi connectivity index (χ2n) is 9.11. The Labute approximate surface area is 243 Å². The predicted molar refractivity (Wildman–Crippen MR) is 146 cm³/mol. The molecule has 2 amide bonds. The summed E-state index contributed by atoms with van der Waals surface area (Å²) in [6.07, 6.45) is 0. The number of carboxylic acids is 1. The molecule has 4 heterocycles. The molecule has 4 atom stereocenters. The number of β-lactam (4-membered cyclic amide) rings is 1. The number of carbonyl (C=O) groups excluding carboxylic acids is 2. The van der Waals surface area contributed by atoms with Crippen LogP contribution in [0.5, 0.6) is 5.75 Å². The Morgan fingerprint density at radius 3 is 2.83 bits per heavy atom. The molecule has 0 saturated carbocycles. The number of aliphatic hydroxyl groups excluding tert-OH is 1. The molecular formula is C21H23FN10O6S3. The van der Waals surface area contributed by atoms with Crippen LogP contribution in [-0.4, -0.2) is 106 Å². The molecule has 2 fully saturated rings. The number of oxime groups is 1. The molecule has 1 aromatic heterocycles. The minimum absolute atomic E-state index is 0.0726. The highest BCUT2D eigenvalue weighted by Crippen LogP contribution is 2.44. The number of benzene rings is 1. The van der Waals surface area contributed by atoms with E-state index < -0.39 is 46.2 Å². The molecular weight excluding hydrogens is 603 g/mol. The fourth-order valence-electron chi connectivity index (χ4n) is 4.09. The molecule has 0 radical (unpaired) electrons. The molecule has 5 rings (SSSR count). The number of hydrogen-bond acceptors (Lipinski definition) is 15. The summed E-state index contributed by atoms with van der Waals surface area (Å²) in [6.45, 7) is -0.118. The first kappa shape index (κ1) is 29.2. The average molecular weight is 627 g/mol. The van der Waals surface area contributed by atoms with Gasteiger partial charge < -0.3 is 25.3 Å². The second kappa shape index (κ2) is 11.9. The largest absolute Gasteiger partial charge is 0.481 e. The smallest absolute Gasteiger partial charge is 0.313 e. The molecule has 0 spiro atoms. The van der Waals surface area contributed by atoms with Crippen LogP contribution in [0.25, 0.3) is 0 Å². The number of thioether (sulfide) groups is 2. The number of tetrazole rings is 1. The van der Waals surface area contributed by atoms with Gasteiger partial charge in [-0.25, -0.2) is 18.8 Å². The molecule has 3 unspecified atom stereocenters. The Hall–Kier alpha value is -3.30. The summed E-state index contributed by atoms with van der Waals surface area (Å²) in [6, 6.07) is 3.95. The molecule has 0 bridgehead atoms. The lowest BCUT2D eigenvalue weighted by molar-refractivity contribution is -0.157. The van der Waals surface area contributed by atoms with Crippen molar-refractivity contribution in [2.24, 2.45) is 21.3 Å². The van der Waals surface area contributed by atoms with Crippen molar-refractivity contribution in [3.63, 3.8) is 0 Å². The van der Waals surface area contributed by atoms with E-state index in [4.69, 9.17) is 15.7 Å². The monoisotopic (exact) mass is 626 g/mol. The predicted octanol–water partition coefficient (Wildman–Crippen LogP) is -1.31. The Kier molecular flexibility index (Phi) is 8.47. The lowest BCUT2D eigenvalue weighted by Crippen LogP contribution is -2.75. The maximum absolute atomic E-state index is 13.3. The van der Waals surface area contributed by atoms with E-state index in [1.165, 1.54) is 39.0 Å². The molecule has 16 nitrogen and oxygen atoms in total. The first-order valence-corrected chi connectivity index (χ1v) is 14.8. The highest BCUT2D eigenvalue weighted by Gasteiger charge is 2.58. The van der Waals surface area contributed by atoms with E-state index >= 15 is 0 Å². The summed E-state index contributed by atoms with van der Waals surface area (Å²) >= 11 is 3.36. The van der Waals surface area contributed by atoms with Crippen LogP contribution in [0.3, 0.4) is 0 Å². The molecule has 2 saturated heterocycles. The van der Waals surface area contributed by atoms with Crippen LogP contribution in [-0.2, 0) is 20.9 Å². The van der Waals surface area contributed by atoms with Crippen molar-refractivity contribution in [1.29, 1.82) is 0 Å². The number of carbonyl (C=O) groups is 3. The average Bonchev–Trinajstić information content (AvgIpc) is 3.60. The lowest BCUT2D eigenvalue weighted by atomic mass is 9.89. The van der Waals surface area contributed by atoms with Gasteiger partial charge in [0.05, 0.1) is 18.7 Å². The van der Waals surface area contributed by atoms with Crippen LogP contribution in [0.15, 0.2) is 39.6 Å². The van der Waals surface area contributed by atoms with E-state index in [0.717, 1.165) is 35.8 Å². The number of nitrogens with two attached hydrogens (primary N) is 1. The van der Waals surface area contributed by atoms with Crippen molar-refractivity contribution >= 4 is 64.5 Å². The van der Waals surface area contributed by atoms with Crippen molar-refractivity contribution in [2.45, 2.75) is 28.9 Å². The molecule has 2 aromatic rings. The molecule has 20 heteroatoms. The standard InChI is InChI=1S/C21H23FN10O6S3/c22-11-1-3-12(4-2-11)38-27-14(21(23)24-10-41-28-21)15(34)25-13-16(35)31-7-20(18(36)37,8-39-17(13)31)9-40-19-26-29-30-32(19)5-6-33/h1-4,10,13,17,28,33H,5-9,23H2,(H,25,34)(H,36,37)/t13?,17-,20?,21?/m1/s1. The third-order valence-corrected chi connectivity index (χ3v) is 9.80. The van der Waals surface area contributed by atoms with Crippen LogP contribution in [0.1, 0.15) is 0 Å². The summed E-state index contributed by atoms with van der Waals surface area (Å²) in [7, 11) is 0. The van der Waals surface area contributed by atoms with Crippen molar-refractivity contribution in [3.8, 4) is 5.75 Å². The van der Waals surface area contributed by atoms with Gasteiger partial charge in [0.1, 0.15) is 22.6 Å². The molecule has 3 aliphatic rings. The Morgan fingerprint density at radius 1 is 1.37 bits per heavy atom. The zero-order valence-electron chi connectivity index (χ0n) is 20.9. The molecule has 6 N–H and O–H groups in total. The summed E-state index contributed by atoms with van der Waals surface area (Å²) in [5, 5.41) is 36.7. The van der Waals surface area contributed by atoms with Gasteiger partial charge in [0.2, 0.25) is 22.6 Å². The minimum Gasteiger partial charge on any atom is -0.481 e. The van der Waals surface area contributed by atoms with Crippen LogP contribution in [0, 0.1) is 11.2 Å². The van der Waals surface area contributed by atoms with E-state index in [9.17, 15) is 23.9 Å². The van der Waals surface area contributed by atoms with Gasteiger partial charge in [-0.1, -0.05) is 16.9 Å². The minimum atomic E-state index is -1.76. The van der Waals surface area contributed by atoms with E-state index in [0.29, 0.717) is 5.16 Å². The summed E-state index contributed by atoms with van der Waals surface area (Å²) < 4.78 is 17.3. The molecule has 1 aromatic carbocycles. The van der Waals surface area contributed by atoms with Gasteiger partial charge in [0.15, 0.2) is 5.75 Å². The van der Waals surface area contributed by atoms with Gasteiger partial charge in [-0.3, -0.25) is 20.1 Å². The Bertz CT molecular complexity index is 1400. The fraction of sp³-hybridized carbons (Fsp3) is 0.429. The van der Waals surface area contributed by atoms with Crippen LogP contribution in [0.2, 0.25) is 0 Å². The molecule has 0 aliphatic carbocycles. The van der Waals surface area contributed by atoms with E-state index in [2.05, 4.69) is 35.7 Å². The van der Waals surface area contributed by atoms with Gasteiger partial charge in [-0.15, -0.1) is 16.9 Å². The lowest BCUT2D eigenvalue weighted by Gasteiger charge is -2.53. The van der Waals surface area contributed by atoms with E-state index in [-0.39, 0.29) is 42.7 Å². The molecule has 3 aliphatic heterocycles. The van der Waals surface area contributed by atoms with E-state index in [1.54, 1.807) is 0 Å². The zero-order chi connectivity index (χ0) is 29.2. The SMILES string of the molecule is NC1(C(=NOc2ccc(F)cc2)C(=O)NC2C(=O)N3CC(CSc4nnnn4CCO)(C(=O)O)CS[C@H]23)N=CSN1. The number of rotatable bonds is 11. The van der Waals surface area contributed by atoms with Crippen LogP contribution >= 0.6 is 35.5 Å². The third kappa shape index (κ3) is 5.88. The van der Waals surface area contributed by atoms with Gasteiger partial charge in [-0.2, -0.15) is 0 Å². The van der Waals surface area contributed by atoms with Crippen molar-refractivity contribution < 1.29 is 33.8 Å². The first-order chi connectivity index (χ1) is 19.7. The first-order valence-electron chi connectivity index (χ1n) is 11.9. The van der Waals surface area contributed by atoms with Gasteiger partial charge in [-0.05, 0) is 46.6 Å². The third-order valence-electron chi connectivity index (χ3n) is 6.33. The number of nitrogens with one attached hydrogen (secondary N) is 2. The number of aromatic nitrogens is 4. The number of aliphatic imine (C=N–C) groups is 1. The summed E-state index contributed by atoms with van der Waals surface area (Å²) in [5.74, 6) is -4.28.